The van der Waals surface area contributed by atoms with Crippen molar-refractivity contribution in [2.45, 2.75) is 137 Å². The largest absolute Gasteiger partial charge is 0.542 e. The Kier molecular flexibility index (Phi) is 15.5. The quantitative estimate of drug-likeness (QED) is 0.163. The summed E-state index contributed by atoms with van der Waals surface area (Å²) in [6.45, 7) is 23.3. The number of hydrogen-bond donors (Lipinski definition) is 2. The lowest BCUT2D eigenvalue weighted by Gasteiger charge is -2.42. The first-order chi connectivity index (χ1) is 21.3. The van der Waals surface area contributed by atoms with Gasteiger partial charge in [-0.2, -0.15) is 0 Å². The topological polar surface area (TPSA) is 105 Å². The van der Waals surface area contributed by atoms with Gasteiger partial charge < -0.3 is 24.5 Å². The molecule has 10 heteroatoms. The first-order valence-corrected chi connectivity index (χ1v) is 20.4. The molecule has 0 saturated carbocycles. The average Bonchev–Trinajstić information content (AvgIpc) is 2.95. The summed E-state index contributed by atoms with van der Waals surface area (Å²) < 4.78 is 14.0. The van der Waals surface area contributed by atoms with E-state index in [0.717, 1.165) is 21.3 Å². The number of likely N-dealkylation sites (N-methyl/N-ethyl adjacent to an activating group) is 1. The van der Waals surface area contributed by atoms with Gasteiger partial charge in [-0.3, -0.25) is 9.59 Å². The number of nitrogens with zero attached hydrogens (tertiary/aromatic N) is 1. The highest BCUT2D eigenvalue weighted by Gasteiger charge is 2.47. The summed E-state index contributed by atoms with van der Waals surface area (Å²) >= 11 is 2.30. The lowest BCUT2D eigenvalue weighted by molar-refractivity contribution is -0.162. The number of aliphatic hydroxyl groups is 1. The summed E-state index contributed by atoms with van der Waals surface area (Å²) in [5, 5.41) is 13.9. The molecule has 0 aromatic heterocycles. The minimum absolute atomic E-state index is 0.0206. The Labute approximate surface area is 293 Å². The van der Waals surface area contributed by atoms with Crippen LogP contribution in [0.5, 0.6) is 5.75 Å². The normalized spacial score (nSPS) is 26.6. The molecule has 6 atom stereocenters. The fraction of sp³-hybridized carbons (Fsp3) is 0.750. The van der Waals surface area contributed by atoms with E-state index in [1.807, 2.05) is 45.9 Å². The van der Waals surface area contributed by atoms with Crippen LogP contribution in [0.2, 0.25) is 16.6 Å². The molecule has 46 heavy (non-hydrogen) atoms. The summed E-state index contributed by atoms with van der Waals surface area (Å²) in [5.74, 6) is -0.336. The Morgan fingerprint density at radius 2 is 1.57 bits per heavy atom. The third-order valence-corrected chi connectivity index (χ3v) is 16.9. The molecule has 2 N–H and O–H groups in total. The minimum Gasteiger partial charge on any atom is -0.542 e. The molecular weight excluding hydrogens is 711 g/mol. The molecule has 0 radical (unpaired) electrons. The number of carbonyl (C=O) groups is 3. The summed E-state index contributed by atoms with van der Waals surface area (Å²) in [4.78, 5) is 41.6. The maximum atomic E-state index is 13.9. The van der Waals surface area contributed by atoms with E-state index in [4.69, 9.17) is 9.16 Å². The predicted molar refractivity (Wildman–Crippen MR) is 196 cm³/mol. The van der Waals surface area contributed by atoms with Crippen LogP contribution >= 0.6 is 22.6 Å². The number of ether oxygens (including phenoxy) is 1. The lowest BCUT2D eigenvalue weighted by atomic mass is 9.84. The number of carbonyl (C=O) groups excluding carboxylic acids is 3. The van der Waals surface area contributed by atoms with Crippen molar-refractivity contribution in [1.82, 2.24) is 10.2 Å². The van der Waals surface area contributed by atoms with Crippen molar-refractivity contribution in [2.75, 3.05) is 13.6 Å². The predicted octanol–water partition coefficient (Wildman–Crippen LogP) is 7.35. The second kappa shape index (κ2) is 17.7. The van der Waals surface area contributed by atoms with Crippen molar-refractivity contribution in [3.63, 3.8) is 0 Å². The number of rotatable bonds is 8. The standard InChI is InChI=1S/C36H61IN2O6Si/c1-21(2)33-19-31(40)26(10)15-25(9)16-27(11)35(42)38-20-34(41)39(12)30(36(43)44-33)18-28-13-14-32(29(37)17-28)45-46(22(3)4,23(5)6)24(7)8/h13-14,17,21-27,30-31,33,40H,15-16,18-20H2,1-12H3,(H,38,42)/t25-,26+,27-,30+,31-,33-/m0/s1. The maximum absolute atomic E-state index is 13.9. The van der Waals surface area contributed by atoms with E-state index in [1.165, 1.54) is 4.90 Å². The number of amides is 2. The van der Waals surface area contributed by atoms with Crippen molar-refractivity contribution in [1.29, 1.82) is 0 Å². The number of aliphatic hydroxyl groups excluding tert-OH is 1. The molecule has 1 heterocycles. The molecule has 2 amide bonds. The number of nitrogens with one attached hydrogen (secondary N) is 1. The van der Waals surface area contributed by atoms with Gasteiger partial charge in [-0.15, -0.1) is 0 Å². The van der Waals surface area contributed by atoms with Crippen molar-refractivity contribution < 1.29 is 28.7 Å². The molecular formula is C36H61IN2O6Si. The number of esters is 1. The van der Waals surface area contributed by atoms with E-state index in [0.29, 0.717) is 29.5 Å². The highest BCUT2D eigenvalue weighted by atomic mass is 127. The van der Waals surface area contributed by atoms with Crippen LogP contribution in [0.25, 0.3) is 0 Å². The number of halogens is 1. The third-order valence-electron chi connectivity index (χ3n) is 10.1. The number of cyclic esters (lactones) is 1. The zero-order chi connectivity index (χ0) is 35.1. The molecule has 1 aliphatic heterocycles. The second-order valence-electron chi connectivity index (χ2n) is 15.1. The first kappa shape index (κ1) is 40.5. The Bertz CT molecular complexity index is 1150. The van der Waals surface area contributed by atoms with Gasteiger partial charge >= 0.3 is 5.97 Å². The van der Waals surface area contributed by atoms with Gasteiger partial charge in [0.2, 0.25) is 11.8 Å². The second-order valence-corrected chi connectivity index (χ2v) is 21.6. The van der Waals surface area contributed by atoms with E-state index in [1.54, 1.807) is 7.05 Å². The van der Waals surface area contributed by atoms with Gasteiger partial charge in [0.15, 0.2) is 0 Å². The fourth-order valence-corrected chi connectivity index (χ4v) is 13.5. The Morgan fingerprint density at radius 1 is 0.978 bits per heavy atom. The third kappa shape index (κ3) is 10.4. The molecule has 0 bridgehead atoms. The van der Waals surface area contributed by atoms with Crippen LogP contribution in [0, 0.1) is 27.2 Å². The Hall–Kier alpha value is -1.66. The molecule has 2 rings (SSSR count). The molecule has 1 aromatic rings. The van der Waals surface area contributed by atoms with E-state index in [-0.39, 0.29) is 48.5 Å². The summed E-state index contributed by atoms with van der Waals surface area (Å²) in [6.07, 6.45) is 0.791. The molecule has 262 valence electrons. The SMILES string of the molecule is CC(C)[C@@H]1C[C@H](O)[C@H](C)C[C@H](C)C[C@H](C)C(=O)NCC(=O)N(C)[C@H](Cc2ccc(O[Si](C(C)C)(C(C)C)C(C)C)c(I)c2)C(=O)O1. The molecule has 1 aromatic carbocycles. The fourth-order valence-electron chi connectivity index (χ4n) is 7.29. The minimum atomic E-state index is -2.17. The summed E-state index contributed by atoms with van der Waals surface area (Å²) in [7, 11) is -0.577. The van der Waals surface area contributed by atoms with Crippen LogP contribution < -0.4 is 9.74 Å². The van der Waals surface area contributed by atoms with E-state index < -0.39 is 32.5 Å². The van der Waals surface area contributed by atoms with E-state index in [9.17, 15) is 19.5 Å². The van der Waals surface area contributed by atoms with Crippen LogP contribution in [0.15, 0.2) is 18.2 Å². The highest BCUT2D eigenvalue weighted by molar-refractivity contribution is 14.1. The molecule has 1 saturated heterocycles. The average molecular weight is 773 g/mol. The maximum Gasteiger partial charge on any atom is 0.329 e. The zero-order valence-electron chi connectivity index (χ0n) is 30.4. The summed E-state index contributed by atoms with van der Waals surface area (Å²) in [5.41, 5.74) is 2.16. The summed E-state index contributed by atoms with van der Waals surface area (Å²) in [6, 6.07) is 5.07. The van der Waals surface area contributed by atoms with Crippen molar-refractivity contribution in [2.24, 2.45) is 23.7 Å². The van der Waals surface area contributed by atoms with Gasteiger partial charge in [-0.25, -0.2) is 4.79 Å². The lowest BCUT2D eigenvalue weighted by Crippen LogP contribution is -2.51. The van der Waals surface area contributed by atoms with Gasteiger partial charge in [0.05, 0.1) is 16.2 Å². The van der Waals surface area contributed by atoms with Gasteiger partial charge in [-0.05, 0) is 87.5 Å². The highest BCUT2D eigenvalue weighted by Crippen LogP contribution is 2.43. The Balaban J connectivity index is 2.45. The number of hydrogen-bond acceptors (Lipinski definition) is 6. The van der Waals surface area contributed by atoms with Crippen LogP contribution in [0.4, 0.5) is 0 Å². The first-order valence-electron chi connectivity index (χ1n) is 17.2. The van der Waals surface area contributed by atoms with E-state index in [2.05, 4.69) is 76.4 Å². The molecule has 1 aliphatic rings. The van der Waals surface area contributed by atoms with Crippen LogP contribution in [-0.2, 0) is 25.5 Å². The van der Waals surface area contributed by atoms with Crippen LogP contribution in [0.1, 0.15) is 101 Å². The monoisotopic (exact) mass is 772 g/mol. The van der Waals surface area contributed by atoms with Crippen molar-refractivity contribution >= 4 is 48.7 Å². The molecule has 0 unspecified atom stereocenters. The molecule has 1 fully saturated rings. The molecule has 0 aliphatic carbocycles. The molecule has 0 spiro atoms. The number of benzene rings is 1. The smallest absolute Gasteiger partial charge is 0.329 e. The van der Waals surface area contributed by atoms with Gasteiger partial charge in [0, 0.05) is 25.8 Å². The van der Waals surface area contributed by atoms with Crippen LogP contribution in [0.3, 0.4) is 0 Å². The van der Waals surface area contributed by atoms with Crippen molar-refractivity contribution in [3.8, 4) is 5.75 Å². The van der Waals surface area contributed by atoms with E-state index >= 15 is 0 Å². The van der Waals surface area contributed by atoms with Crippen molar-refractivity contribution in [3.05, 3.63) is 27.3 Å². The van der Waals surface area contributed by atoms with Crippen LogP contribution in [-0.4, -0.2) is 67.9 Å². The zero-order valence-corrected chi connectivity index (χ0v) is 33.5. The van der Waals surface area contributed by atoms with Gasteiger partial charge in [-0.1, -0.05) is 82.2 Å². The van der Waals surface area contributed by atoms with Gasteiger partial charge in [0.25, 0.3) is 8.32 Å². The molecule has 8 nitrogen and oxygen atoms in total. The van der Waals surface area contributed by atoms with Gasteiger partial charge in [0.1, 0.15) is 17.9 Å². The Morgan fingerprint density at radius 3 is 2.09 bits per heavy atom.